The second-order valence-electron chi connectivity index (χ2n) is 11.6. The van der Waals surface area contributed by atoms with Crippen molar-refractivity contribution in [3.05, 3.63) is 24.3 Å². The highest BCUT2D eigenvalue weighted by Gasteiger charge is 2.38. The van der Waals surface area contributed by atoms with Gasteiger partial charge in [0.15, 0.2) is 0 Å². The van der Waals surface area contributed by atoms with E-state index in [1.807, 2.05) is 0 Å². The maximum atomic E-state index is 2.91. The van der Waals surface area contributed by atoms with E-state index in [-0.39, 0.29) is 0 Å². The van der Waals surface area contributed by atoms with Crippen LogP contribution in [0.5, 0.6) is 0 Å². The molecule has 0 saturated carbocycles. The molecule has 2 saturated heterocycles. The molecule has 0 aromatic heterocycles. The standard InChI is InChI=1S/C30H52N2/c1-3-7-11-15-20-31-22-19-30-28(25-31)18-14-10-6-2-4-8-12-16-21-32-24-27(17-13-9-5-1)23-29(30)26-32/h5-6,9-10,27-30H,1-4,7-8,11-26H2/b9-5-,10-6-/t27-,28-,29?,30-/m0/s1. The molecule has 2 fully saturated rings. The number of allylic oxidation sites excluding steroid dienone is 4. The topological polar surface area (TPSA) is 6.48 Å². The van der Waals surface area contributed by atoms with Gasteiger partial charge in [0.1, 0.15) is 0 Å². The molecule has 0 aliphatic carbocycles. The van der Waals surface area contributed by atoms with Gasteiger partial charge < -0.3 is 9.80 Å². The van der Waals surface area contributed by atoms with Crippen LogP contribution in [0.25, 0.3) is 0 Å². The van der Waals surface area contributed by atoms with E-state index in [0.717, 1.165) is 23.7 Å². The van der Waals surface area contributed by atoms with E-state index in [2.05, 4.69) is 34.1 Å². The normalized spacial score (nSPS) is 40.8. The molecular formula is C30H52N2. The molecule has 0 aromatic carbocycles. The summed E-state index contributed by atoms with van der Waals surface area (Å²) in [4.78, 5) is 5.77. The van der Waals surface area contributed by atoms with E-state index < -0.39 is 0 Å². The molecule has 5 heterocycles. The average Bonchev–Trinajstić information content (AvgIpc) is 2.80. The molecule has 2 nitrogen and oxygen atoms in total. The van der Waals surface area contributed by atoms with Crippen molar-refractivity contribution in [3.63, 3.8) is 0 Å². The molecule has 2 heteroatoms. The smallest absolute Gasteiger partial charge is 0.00127 e. The molecule has 182 valence electrons. The summed E-state index contributed by atoms with van der Waals surface area (Å²) >= 11 is 0. The van der Waals surface area contributed by atoms with Crippen molar-refractivity contribution in [1.82, 2.24) is 9.80 Å². The Morgan fingerprint density at radius 2 is 1.09 bits per heavy atom. The summed E-state index contributed by atoms with van der Waals surface area (Å²) in [6.45, 7) is 8.27. The largest absolute Gasteiger partial charge is 0.303 e. The molecule has 6 atom stereocenters. The quantitative estimate of drug-likeness (QED) is 0.361. The maximum absolute atomic E-state index is 2.91. The van der Waals surface area contributed by atoms with Crippen LogP contribution in [0, 0.1) is 23.7 Å². The van der Waals surface area contributed by atoms with Gasteiger partial charge in [0.2, 0.25) is 0 Å². The van der Waals surface area contributed by atoms with E-state index in [9.17, 15) is 0 Å². The Morgan fingerprint density at radius 1 is 0.469 bits per heavy atom. The summed E-state index contributed by atoms with van der Waals surface area (Å²) in [5, 5.41) is 0. The van der Waals surface area contributed by atoms with Crippen LogP contribution < -0.4 is 0 Å². The number of hydrogen-bond donors (Lipinski definition) is 0. The summed E-state index contributed by atoms with van der Waals surface area (Å²) in [5.74, 6) is 3.79. The van der Waals surface area contributed by atoms with Crippen molar-refractivity contribution in [2.75, 3.05) is 39.3 Å². The monoisotopic (exact) mass is 440 g/mol. The van der Waals surface area contributed by atoms with Crippen LogP contribution in [0.3, 0.4) is 0 Å². The summed E-state index contributed by atoms with van der Waals surface area (Å²) in [7, 11) is 0. The second-order valence-corrected chi connectivity index (χ2v) is 11.6. The lowest BCUT2D eigenvalue weighted by Gasteiger charge is -2.47. The fourth-order valence-electron chi connectivity index (χ4n) is 7.32. The van der Waals surface area contributed by atoms with Gasteiger partial charge >= 0.3 is 0 Å². The zero-order valence-corrected chi connectivity index (χ0v) is 21.1. The minimum Gasteiger partial charge on any atom is -0.303 e. The Bertz CT molecular complexity index is 567. The first kappa shape index (κ1) is 24.5. The molecule has 0 aromatic rings. The van der Waals surface area contributed by atoms with Gasteiger partial charge in [-0.3, -0.25) is 0 Å². The first-order valence-corrected chi connectivity index (χ1v) is 14.6. The number of piperidine rings is 2. The first-order chi connectivity index (χ1) is 15.9. The number of fused-ring (bicyclic) bond motifs is 10. The lowest BCUT2D eigenvalue weighted by molar-refractivity contribution is 0.0201. The van der Waals surface area contributed by atoms with Gasteiger partial charge in [0.25, 0.3) is 0 Å². The molecule has 0 radical (unpaired) electrons. The Kier molecular flexibility index (Phi) is 10.7. The third-order valence-electron chi connectivity index (χ3n) is 9.10. The summed E-state index contributed by atoms with van der Waals surface area (Å²) in [6.07, 6.45) is 32.5. The van der Waals surface area contributed by atoms with Crippen LogP contribution >= 0.6 is 0 Å². The van der Waals surface area contributed by atoms with Crippen molar-refractivity contribution < 1.29 is 0 Å². The summed E-state index contributed by atoms with van der Waals surface area (Å²) < 4.78 is 0. The number of nitrogens with zero attached hydrogens (tertiary/aromatic N) is 2. The van der Waals surface area contributed by atoms with Crippen LogP contribution in [0.15, 0.2) is 24.3 Å². The van der Waals surface area contributed by atoms with Crippen molar-refractivity contribution in [2.45, 2.75) is 103 Å². The fourth-order valence-corrected chi connectivity index (χ4v) is 7.32. The second kappa shape index (κ2) is 14.0. The third-order valence-corrected chi connectivity index (χ3v) is 9.10. The molecule has 3 unspecified atom stereocenters. The summed E-state index contributed by atoms with van der Waals surface area (Å²) in [6, 6.07) is 0. The van der Waals surface area contributed by atoms with Gasteiger partial charge in [-0.2, -0.15) is 0 Å². The molecule has 0 spiro atoms. The summed E-state index contributed by atoms with van der Waals surface area (Å²) in [5.41, 5.74) is 0. The van der Waals surface area contributed by atoms with E-state index in [0.29, 0.717) is 0 Å². The van der Waals surface area contributed by atoms with E-state index >= 15 is 0 Å². The highest BCUT2D eigenvalue weighted by Crippen LogP contribution is 2.40. The lowest BCUT2D eigenvalue weighted by Crippen LogP contribution is -2.49. The Hall–Kier alpha value is -0.600. The zero-order chi connectivity index (χ0) is 21.8. The number of rotatable bonds is 0. The van der Waals surface area contributed by atoms with Crippen molar-refractivity contribution in [1.29, 1.82) is 0 Å². The SMILES string of the molecule is C1=C\CC[C@H]2CN3CCCCCC/C=C\CC[C@H]4CC(CN(CCCCCC/1)C4)[C@H]2CC3. The molecular weight excluding hydrogens is 388 g/mol. The predicted octanol–water partition coefficient (Wildman–Crippen LogP) is 7.46. The van der Waals surface area contributed by atoms with Crippen LogP contribution in [-0.4, -0.2) is 49.1 Å². The van der Waals surface area contributed by atoms with Crippen LogP contribution in [-0.2, 0) is 0 Å². The zero-order valence-electron chi connectivity index (χ0n) is 21.1. The molecule has 5 aliphatic rings. The van der Waals surface area contributed by atoms with Crippen LogP contribution in [0.4, 0.5) is 0 Å². The van der Waals surface area contributed by atoms with Gasteiger partial charge in [-0.1, -0.05) is 50.0 Å². The highest BCUT2D eigenvalue weighted by molar-refractivity contribution is 4.93. The first-order valence-electron chi connectivity index (χ1n) is 14.6. The van der Waals surface area contributed by atoms with Crippen LogP contribution in [0.1, 0.15) is 103 Å². The van der Waals surface area contributed by atoms with Crippen molar-refractivity contribution in [3.8, 4) is 0 Å². The van der Waals surface area contributed by atoms with Crippen LogP contribution in [0.2, 0.25) is 0 Å². The molecule has 5 rings (SSSR count). The lowest BCUT2D eigenvalue weighted by atomic mass is 9.69. The Balaban J connectivity index is 1.49. The molecule has 0 amide bonds. The highest BCUT2D eigenvalue weighted by atomic mass is 15.1. The van der Waals surface area contributed by atoms with E-state index in [1.165, 1.54) is 142 Å². The molecule has 32 heavy (non-hydrogen) atoms. The van der Waals surface area contributed by atoms with Gasteiger partial charge in [-0.05, 0) is 120 Å². The fraction of sp³-hybridized carbons (Fsp3) is 0.867. The minimum atomic E-state index is 0.930. The third kappa shape index (κ3) is 8.01. The molecule has 5 aliphatic heterocycles. The van der Waals surface area contributed by atoms with Gasteiger partial charge in [0, 0.05) is 19.6 Å². The molecule has 6 bridgehead atoms. The Labute approximate surface area is 199 Å². The van der Waals surface area contributed by atoms with Gasteiger partial charge in [-0.25, -0.2) is 0 Å². The van der Waals surface area contributed by atoms with Gasteiger partial charge in [-0.15, -0.1) is 0 Å². The maximum Gasteiger partial charge on any atom is 0.00127 e. The van der Waals surface area contributed by atoms with Crippen molar-refractivity contribution >= 4 is 0 Å². The van der Waals surface area contributed by atoms with E-state index in [4.69, 9.17) is 0 Å². The number of hydrogen-bond acceptors (Lipinski definition) is 2. The van der Waals surface area contributed by atoms with E-state index in [1.54, 1.807) is 0 Å². The average molecular weight is 441 g/mol. The molecule has 0 N–H and O–H groups in total. The predicted molar refractivity (Wildman–Crippen MR) is 139 cm³/mol. The van der Waals surface area contributed by atoms with Gasteiger partial charge in [0.05, 0.1) is 0 Å². The minimum absolute atomic E-state index is 0.930. The Morgan fingerprint density at radius 3 is 1.88 bits per heavy atom. The van der Waals surface area contributed by atoms with Crippen molar-refractivity contribution in [2.24, 2.45) is 23.7 Å².